The van der Waals surface area contributed by atoms with Crippen LogP contribution in [0.2, 0.25) is 0 Å². The molecular weight excluding hydrogens is 243 g/mol. The normalized spacial score (nSPS) is 24.9. The average molecular weight is 264 g/mol. The van der Waals surface area contributed by atoms with E-state index in [0.717, 1.165) is 24.8 Å². The van der Waals surface area contributed by atoms with Gasteiger partial charge in [-0.1, -0.05) is 31.9 Å². The Morgan fingerprint density at radius 2 is 2.05 bits per heavy atom. The number of hydrogen-bond donors (Lipinski definition) is 1. The standard InChI is InChI=1S/C16H21FO2/c1-11-3-2-4-13(9-11)15(16(18)19)10-12-5-7-14(17)8-6-12/h5-8,11,13,15H,2-4,9-10H2,1H3,(H,18,19). The van der Waals surface area contributed by atoms with E-state index in [2.05, 4.69) is 6.92 Å². The molecule has 19 heavy (non-hydrogen) atoms. The van der Waals surface area contributed by atoms with E-state index in [0.29, 0.717) is 12.3 Å². The molecule has 3 unspecified atom stereocenters. The second-order valence-corrected chi connectivity index (χ2v) is 5.81. The second-order valence-electron chi connectivity index (χ2n) is 5.81. The lowest BCUT2D eigenvalue weighted by Gasteiger charge is -2.31. The second kappa shape index (κ2) is 6.18. The number of hydrogen-bond acceptors (Lipinski definition) is 1. The van der Waals surface area contributed by atoms with Crippen molar-refractivity contribution in [2.24, 2.45) is 17.8 Å². The molecule has 1 aliphatic rings. The number of carboxylic acids is 1. The minimum atomic E-state index is -0.719. The average Bonchev–Trinajstić information content (AvgIpc) is 2.37. The van der Waals surface area contributed by atoms with Crippen LogP contribution in [0.4, 0.5) is 4.39 Å². The molecule has 1 N–H and O–H groups in total. The molecule has 0 aliphatic heterocycles. The van der Waals surface area contributed by atoms with Crippen molar-refractivity contribution < 1.29 is 14.3 Å². The predicted octanol–water partition coefficient (Wildman–Crippen LogP) is 3.90. The van der Waals surface area contributed by atoms with Crippen LogP contribution in [0.5, 0.6) is 0 Å². The fraction of sp³-hybridized carbons (Fsp3) is 0.562. The number of rotatable bonds is 4. The molecule has 0 bridgehead atoms. The lowest BCUT2D eigenvalue weighted by Crippen LogP contribution is -2.29. The van der Waals surface area contributed by atoms with Crippen LogP contribution < -0.4 is 0 Å². The van der Waals surface area contributed by atoms with Gasteiger partial charge in [0.15, 0.2) is 0 Å². The highest BCUT2D eigenvalue weighted by atomic mass is 19.1. The summed E-state index contributed by atoms with van der Waals surface area (Å²) in [4.78, 5) is 11.5. The van der Waals surface area contributed by atoms with Crippen molar-refractivity contribution in [3.8, 4) is 0 Å². The van der Waals surface area contributed by atoms with Crippen LogP contribution in [0.25, 0.3) is 0 Å². The Bertz CT molecular complexity index is 427. The van der Waals surface area contributed by atoms with Gasteiger partial charge in [-0.05, 0) is 48.8 Å². The third-order valence-corrected chi connectivity index (χ3v) is 4.23. The van der Waals surface area contributed by atoms with E-state index in [1.807, 2.05) is 0 Å². The van der Waals surface area contributed by atoms with E-state index >= 15 is 0 Å². The smallest absolute Gasteiger partial charge is 0.307 e. The Balaban J connectivity index is 2.07. The van der Waals surface area contributed by atoms with Crippen molar-refractivity contribution in [2.75, 3.05) is 0 Å². The summed E-state index contributed by atoms with van der Waals surface area (Å²) in [7, 11) is 0. The van der Waals surface area contributed by atoms with Crippen molar-refractivity contribution in [1.29, 1.82) is 0 Å². The molecule has 0 spiro atoms. The third-order valence-electron chi connectivity index (χ3n) is 4.23. The van der Waals surface area contributed by atoms with Crippen LogP contribution >= 0.6 is 0 Å². The van der Waals surface area contributed by atoms with E-state index in [1.54, 1.807) is 12.1 Å². The van der Waals surface area contributed by atoms with Gasteiger partial charge >= 0.3 is 5.97 Å². The fourth-order valence-electron chi connectivity index (χ4n) is 3.18. The first kappa shape index (κ1) is 14.0. The number of halogens is 1. The summed E-state index contributed by atoms with van der Waals surface area (Å²) in [6.45, 7) is 2.20. The molecule has 1 aromatic carbocycles. The summed E-state index contributed by atoms with van der Waals surface area (Å²) >= 11 is 0. The van der Waals surface area contributed by atoms with Gasteiger partial charge in [0.25, 0.3) is 0 Å². The van der Waals surface area contributed by atoms with Gasteiger partial charge in [-0.2, -0.15) is 0 Å². The lowest BCUT2D eigenvalue weighted by atomic mass is 9.74. The van der Waals surface area contributed by atoms with Crippen LogP contribution in [0.3, 0.4) is 0 Å². The predicted molar refractivity (Wildman–Crippen MR) is 72.4 cm³/mol. The van der Waals surface area contributed by atoms with E-state index in [9.17, 15) is 14.3 Å². The maximum atomic E-state index is 12.9. The quantitative estimate of drug-likeness (QED) is 0.895. The summed E-state index contributed by atoms with van der Waals surface area (Å²) in [5.41, 5.74) is 0.909. The largest absolute Gasteiger partial charge is 0.481 e. The minimum Gasteiger partial charge on any atom is -0.481 e. The highest BCUT2D eigenvalue weighted by Gasteiger charge is 2.31. The van der Waals surface area contributed by atoms with E-state index in [1.165, 1.54) is 18.6 Å². The lowest BCUT2D eigenvalue weighted by molar-refractivity contribution is -0.144. The molecule has 0 aromatic heterocycles. The summed E-state index contributed by atoms with van der Waals surface area (Å²) < 4.78 is 12.9. The first-order chi connectivity index (χ1) is 9.06. The Hall–Kier alpha value is -1.38. The molecule has 3 atom stereocenters. The molecule has 1 fully saturated rings. The first-order valence-electron chi connectivity index (χ1n) is 7.03. The highest BCUT2D eigenvalue weighted by molar-refractivity contribution is 5.70. The number of aliphatic carboxylic acids is 1. The molecule has 0 heterocycles. The van der Waals surface area contributed by atoms with Crippen LogP contribution in [-0.4, -0.2) is 11.1 Å². The number of carbonyl (C=O) groups is 1. The van der Waals surface area contributed by atoms with Gasteiger partial charge in [0.2, 0.25) is 0 Å². The molecule has 1 saturated carbocycles. The van der Waals surface area contributed by atoms with Crippen LogP contribution in [0, 0.1) is 23.6 Å². The monoisotopic (exact) mass is 264 g/mol. The van der Waals surface area contributed by atoms with Crippen molar-refractivity contribution in [1.82, 2.24) is 0 Å². The maximum absolute atomic E-state index is 12.9. The molecule has 1 aromatic rings. The summed E-state index contributed by atoms with van der Waals surface area (Å²) in [6, 6.07) is 6.19. The van der Waals surface area contributed by atoms with Gasteiger partial charge in [-0.25, -0.2) is 4.39 Å². The topological polar surface area (TPSA) is 37.3 Å². The fourth-order valence-corrected chi connectivity index (χ4v) is 3.18. The molecule has 104 valence electrons. The summed E-state index contributed by atoms with van der Waals surface area (Å²) in [6.07, 6.45) is 4.84. The molecule has 3 heteroatoms. The van der Waals surface area contributed by atoms with Crippen LogP contribution in [0.1, 0.15) is 38.2 Å². The Labute approximate surface area is 113 Å². The van der Waals surface area contributed by atoms with Gasteiger partial charge in [0, 0.05) is 0 Å². The molecule has 2 nitrogen and oxygen atoms in total. The van der Waals surface area contributed by atoms with Gasteiger partial charge in [-0.3, -0.25) is 4.79 Å². The van der Waals surface area contributed by atoms with Crippen molar-refractivity contribution in [2.45, 2.75) is 39.0 Å². The summed E-state index contributed by atoms with van der Waals surface area (Å²) in [5, 5.41) is 9.45. The highest BCUT2D eigenvalue weighted by Crippen LogP contribution is 2.35. The van der Waals surface area contributed by atoms with Crippen molar-refractivity contribution >= 4 is 5.97 Å². The van der Waals surface area contributed by atoms with Gasteiger partial charge < -0.3 is 5.11 Å². The van der Waals surface area contributed by atoms with Crippen molar-refractivity contribution in [3.63, 3.8) is 0 Å². The zero-order valence-electron chi connectivity index (χ0n) is 11.3. The van der Waals surface area contributed by atoms with E-state index in [4.69, 9.17) is 0 Å². The van der Waals surface area contributed by atoms with E-state index in [-0.39, 0.29) is 17.7 Å². The Morgan fingerprint density at radius 3 is 2.63 bits per heavy atom. The molecular formula is C16H21FO2. The van der Waals surface area contributed by atoms with Crippen LogP contribution in [0.15, 0.2) is 24.3 Å². The molecule has 1 aliphatic carbocycles. The third kappa shape index (κ3) is 3.79. The molecule has 0 radical (unpaired) electrons. The van der Waals surface area contributed by atoms with Gasteiger partial charge in [-0.15, -0.1) is 0 Å². The number of benzene rings is 1. The SMILES string of the molecule is CC1CCCC(C(Cc2ccc(F)cc2)C(=O)O)C1. The zero-order valence-corrected chi connectivity index (χ0v) is 11.3. The molecule has 0 amide bonds. The number of carboxylic acid groups (broad SMARTS) is 1. The van der Waals surface area contributed by atoms with Gasteiger partial charge in [0.1, 0.15) is 5.82 Å². The molecule has 0 saturated heterocycles. The van der Waals surface area contributed by atoms with Crippen LogP contribution in [-0.2, 0) is 11.2 Å². The first-order valence-corrected chi connectivity index (χ1v) is 7.03. The van der Waals surface area contributed by atoms with Gasteiger partial charge in [0.05, 0.1) is 5.92 Å². The Morgan fingerprint density at radius 1 is 1.37 bits per heavy atom. The Kier molecular flexibility index (Phi) is 4.56. The molecule has 2 rings (SSSR count). The van der Waals surface area contributed by atoms with Crippen molar-refractivity contribution in [3.05, 3.63) is 35.6 Å². The zero-order chi connectivity index (χ0) is 13.8. The minimum absolute atomic E-state index is 0.256. The summed E-state index contributed by atoms with van der Waals surface area (Å²) in [5.74, 6) is -0.460. The van der Waals surface area contributed by atoms with E-state index < -0.39 is 5.97 Å². The maximum Gasteiger partial charge on any atom is 0.307 e.